The van der Waals surface area contributed by atoms with E-state index in [9.17, 15) is 0 Å². The summed E-state index contributed by atoms with van der Waals surface area (Å²) >= 11 is 7.49. The standard InChI is InChI=1S/C14H13ClN4S/c15-13-7-6-12(20-13)14(18-16)10-8-17-19(9-10)11-4-2-1-3-5-11/h1-9,14,18H,16H2. The molecule has 2 aromatic heterocycles. The number of nitrogens with zero attached hydrogens (tertiary/aromatic N) is 2. The van der Waals surface area contributed by atoms with Gasteiger partial charge in [-0.05, 0) is 24.3 Å². The van der Waals surface area contributed by atoms with Gasteiger partial charge in [-0.15, -0.1) is 11.3 Å². The molecule has 0 aliphatic heterocycles. The molecule has 0 spiro atoms. The zero-order chi connectivity index (χ0) is 13.9. The molecular formula is C14H13ClN4S. The second-order valence-electron chi connectivity index (χ2n) is 4.30. The molecule has 0 bridgehead atoms. The fraction of sp³-hybridized carbons (Fsp3) is 0.0714. The van der Waals surface area contributed by atoms with Gasteiger partial charge in [-0.3, -0.25) is 5.84 Å². The van der Waals surface area contributed by atoms with E-state index in [2.05, 4.69) is 10.5 Å². The Labute approximate surface area is 125 Å². The van der Waals surface area contributed by atoms with Gasteiger partial charge in [0.15, 0.2) is 0 Å². The molecule has 1 aromatic carbocycles. The Morgan fingerprint density at radius 1 is 1.20 bits per heavy atom. The van der Waals surface area contributed by atoms with E-state index in [1.807, 2.05) is 59.5 Å². The smallest absolute Gasteiger partial charge is 0.0931 e. The Hall–Kier alpha value is -1.66. The minimum Gasteiger partial charge on any atom is -0.271 e. The van der Waals surface area contributed by atoms with Gasteiger partial charge in [0.1, 0.15) is 0 Å². The molecule has 2 heterocycles. The van der Waals surface area contributed by atoms with Crippen LogP contribution in [0.1, 0.15) is 16.5 Å². The SMILES string of the molecule is NNC(c1cnn(-c2ccccc2)c1)c1ccc(Cl)s1. The first-order chi connectivity index (χ1) is 9.78. The van der Waals surface area contributed by atoms with Crippen LogP contribution in [-0.2, 0) is 0 Å². The third-order valence-corrected chi connectivity index (χ3v) is 4.30. The summed E-state index contributed by atoms with van der Waals surface area (Å²) in [6.07, 6.45) is 3.78. The van der Waals surface area contributed by atoms with Crippen molar-refractivity contribution in [3.05, 3.63) is 69.6 Å². The number of hydrazine groups is 1. The van der Waals surface area contributed by atoms with Crippen LogP contribution in [0.3, 0.4) is 0 Å². The van der Waals surface area contributed by atoms with Crippen LogP contribution in [0, 0.1) is 0 Å². The Bertz CT molecular complexity index is 692. The molecule has 0 aliphatic rings. The van der Waals surface area contributed by atoms with Gasteiger partial charge >= 0.3 is 0 Å². The fourth-order valence-corrected chi connectivity index (χ4v) is 3.18. The van der Waals surface area contributed by atoms with Gasteiger partial charge in [0.05, 0.1) is 22.3 Å². The van der Waals surface area contributed by atoms with Gasteiger partial charge in [0.2, 0.25) is 0 Å². The van der Waals surface area contributed by atoms with Crippen LogP contribution in [0.15, 0.2) is 54.9 Å². The Morgan fingerprint density at radius 3 is 2.65 bits per heavy atom. The molecular weight excluding hydrogens is 292 g/mol. The molecule has 0 aliphatic carbocycles. The largest absolute Gasteiger partial charge is 0.271 e. The van der Waals surface area contributed by atoms with Crippen molar-refractivity contribution in [2.45, 2.75) is 6.04 Å². The number of nitrogens with two attached hydrogens (primary N) is 1. The summed E-state index contributed by atoms with van der Waals surface area (Å²) in [4.78, 5) is 1.06. The topological polar surface area (TPSA) is 55.9 Å². The van der Waals surface area contributed by atoms with Crippen molar-refractivity contribution in [2.75, 3.05) is 0 Å². The molecule has 102 valence electrons. The van der Waals surface area contributed by atoms with E-state index in [1.165, 1.54) is 11.3 Å². The molecule has 3 rings (SSSR count). The van der Waals surface area contributed by atoms with Gasteiger partial charge in [-0.2, -0.15) is 5.10 Å². The minimum absolute atomic E-state index is 0.107. The van der Waals surface area contributed by atoms with Gasteiger partial charge < -0.3 is 0 Å². The predicted molar refractivity (Wildman–Crippen MR) is 82.1 cm³/mol. The second-order valence-corrected chi connectivity index (χ2v) is 6.04. The van der Waals surface area contributed by atoms with Crippen LogP contribution in [0.5, 0.6) is 0 Å². The zero-order valence-electron chi connectivity index (χ0n) is 10.5. The fourth-order valence-electron chi connectivity index (χ4n) is 2.03. The van der Waals surface area contributed by atoms with Gasteiger partial charge in [-0.1, -0.05) is 29.8 Å². The van der Waals surface area contributed by atoms with E-state index < -0.39 is 0 Å². The van der Waals surface area contributed by atoms with Crippen LogP contribution < -0.4 is 11.3 Å². The molecule has 0 saturated heterocycles. The maximum atomic E-state index is 5.98. The van der Waals surface area contributed by atoms with Crippen LogP contribution in [0.4, 0.5) is 0 Å². The Balaban J connectivity index is 1.92. The molecule has 3 aromatic rings. The van der Waals surface area contributed by atoms with Crippen molar-refractivity contribution in [3.63, 3.8) is 0 Å². The van der Waals surface area contributed by atoms with Gasteiger partial charge in [0, 0.05) is 16.6 Å². The molecule has 4 nitrogen and oxygen atoms in total. The number of thiophene rings is 1. The van der Waals surface area contributed by atoms with Crippen molar-refractivity contribution in [1.82, 2.24) is 15.2 Å². The Kier molecular flexibility index (Phi) is 3.84. The van der Waals surface area contributed by atoms with Crippen LogP contribution >= 0.6 is 22.9 Å². The number of para-hydroxylation sites is 1. The van der Waals surface area contributed by atoms with E-state index in [0.717, 1.165) is 20.5 Å². The average Bonchev–Trinajstić information content (AvgIpc) is 3.11. The summed E-state index contributed by atoms with van der Waals surface area (Å²) in [6, 6.07) is 13.7. The first-order valence-electron chi connectivity index (χ1n) is 6.09. The quantitative estimate of drug-likeness (QED) is 0.575. The number of nitrogens with one attached hydrogen (secondary N) is 1. The van der Waals surface area contributed by atoms with E-state index in [1.54, 1.807) is 0 Å². The first-order valence-corrected chi connectivity index (χ1v) is 7.29. The van der Waals surface area contributed by atoms with Crippen molar-refractivity contribution in [3.8, 4) is 5.69 Å². The number of hydrogen-bond donors (Lipinski definition) is 2. The summed E-state index contributed by atoms with van der Waals surface area (Å²) in [5, 5.41) is 4.38. The number of rotatable bonds is 4. The van der Waals surface area contributed by atoms with Crippen molar-refractivity contribution >= 4 is 22.9 Å². The lowest BCUT2D eigenvalue weighted by Crippen LogP contribution is -2.27. The molecule has 3 N–H and O–H groups in total. The van der Waals surface area contributed by atoms with E-state index >= 15 is 0 Å². The molecule has 0 saturated carbocycles. The maximum Gasteiger partial charge on any atom is 0.0931 e. The summed E-state index contributed by atoms with van der Waals surface area (Å²) < 4.78 is 2.57. The van der Waals surface area contributed by atoms with E-state index in [-0.39, 0.29) is 6.04 Å². The lowest BCUT2D eigenvalue weighted by Gasteiger charge is -2.11. The maximum absolute atomic E-state index is 5.98. The molecule has 0 amide bonds. The van der Waals surface area contributed by atoms with Gasteiger partial charge in [-0.25, -0.2) is 10.1 Å². The number of halogens is 1. The Morgan fingerprint density at radius 2 is 2.00 bits per heavy atom. The zero-order valence-corrected chi connectivity index (χ0v) is 12.1. The predicted octanol–water partition coefficient (Wildman–Crippen LogP) is 3.14. The highest BCUT2D eigenvalue weighted by Crippen LogP contribution is 2.30. The van der Waals surface area contributed by atoms with E-state index in [0.29, 0.717) is 0 Å². The number of aromatic nitrogens is 2. The summed E-state index contributed by atoms with van der Waals surface area (Å²) in [5.41, 5.74) is 4.82. The monoisotopic (exact) mass is 304 g/mol. The normalized spacial score (nSPS) is 12.5. The molecule has 20 heavy (non-hydrogen) atoms. The number of benzene rings is 1. The first kappa shape index (κ1) is 13.3. The minimum atomic E-state index is -0.107. The summed E-state index contributed by atoms with van der Waals surface area (Å²) in [7, 11) is 0. The van der Waals surface area contributed by atoms with E-state index in [4.69, 9.17) is 17.4 Å². The lowest BCUT2D eigenvalue weighted by molar-refractivity contribution is 0.646. The second kappa shape index (κ2) is 5.76. The van der Waals surface area contributed by atoms with Crippen molar-refractivity contribution in [2.24, 2.45) is 5.84 Å². The summed E-state index contributed by atoms with van der Waals surface area (Å²) in [5.74, 6) is 5.67. The van der Waals surface area contributed by atoms with Crippen LogP contribution in [0.25, 0.3) is 5.69 Å². The highest BCUT2D eigenvalue weighted by atomic mass is 35.5. The summed E-state index contributed by atoms with van der Waals surface area (Å²) in [6.45, 7) is 0. The third kappa shape index (κ3) is 2.62. The highest BCUT2D eigenvalue weighted by molar-refractivity contribution is 7.16. The third-order valence-electron chi connectivity index (χ3n) is 3.00. The lowest BCUT2D eigenvalue weighted by atomic mass is 10.1. The molecule has 0 radical (unpaired) electrons. The van der Waals surface area contributed by atoms with Crippen molar-refractivity contribution in [1.29, 1.82) is 0 Å². The van der Waals surface area contributed by atoms with Gasteiger partial charge in [0.25, 0.3) is 0 Å². The van der Waals surface area contributed by atoms with Crippen LogP contribution in [0.2, 0.25) is 4.34 Å². The highest BCUT2D eigenvalue weighted by Gasteiger charge is 2.16. The number of hydrogen-bond acceptors (Lipinski definition) is 4. The van der Waals surface area contributed by atoms with Crippen LogP contribution in [-0.4, -0.2) is 9.78 Å². The van der Waals surface area contributed by atoms with Crippen molar-refractivity contribution < 1.29 is 0 Å². The molecule has 0 fully saturated rings. The molecule has 1 unspecified atom stereocenters. The molecule has 1 atom stereocenters. The molecule has 6 heteroatoms. The average molecular weight is 305 g/mol.